The van der Waals surface area contributed by atoms with Crippen molar-refractivity contribution >= 4 is 5.91 Å². The monoisotopic (exact) mass is 348 g/mol. The summed E-state index contributed by atoms with van der Waals surface area (Å²) in [5, 5.41) is 7.19. The quantitative estimate of drug-likeness (QED) is 0.892. The standard InChI is InChI=1S/C18H22F2N4O/c1-3-10(2)16(21)18(25)24-7-6-15-12(9-24)17(23-22-15)11-4-5-13(19)14(20)8-11/h4-5,8,10,16H,3,6-7,9,21H2,1-2H3,(H,22,23)/t10-,16-/m1/s1. The molecule has 2 heterocycles. The molecular formula is C18H22F2N4O. The normalized spacial score (nSPS) is 16.4. The van der Waals surface area contributed by atoms with Gasteiger partial charge in [-0.3, -0.25) is 9.89 Å². The number of nitrogens with zero attached hydrogens (tertiary/aromatic N) is 2. The minimum absolute atomic E-state index is 0.0857. The average Bonchev–Trinajstić information content (AvgIpc) is 3.05. The number of carbonyl (C=O) groups excluding carboxylic acids is 1. The number of carbonyl (C=O) groups is 1. The van der Waals surface area contributed by atoms with Gasteiger partial charge >= 0.3 is 0 Å². The molecule has 0 saturated heterocycles. The summed E-state index contributed by atoms with van der Waals surface area (Å²) in [4.78, 5) is 14.4. The van der Waals surface area contributed by atoms with Gasteiger partial charge in [-0.25, -0.2) is 8.78 Å². The third kappa shape index (κ3) is 3.28. The predicted molar refractivity (Wildman–Crippen MR) is 90.5 cm³/mol. The maximum absolute atomic E-state index is 13.5. The first kappa shape index (κ1) is 17.5. The summed E-state index contributed by atoms with van der Waals surface area (Å²) in [6, 6.07) is 3.15. The van der Waals surface area contributed by atoms with Crippen molar-refractivity contribution in [1.82, 2.24) is 15.1 Å². The minimum Gasteiger partial charge on any atom is -0.336 e. The molecule has 0 saturated carbocycles. The molecule has 3 N–H and O–H groups in total. The second-order valence-corrected chi connectivity index (χ2v) is 6.58. The smallest absolute Gasteiger partial charge is 0.240 e. The Morgan fingerprint density at radius 1 is 1.40 bits per heavy atom. The molecule has 3 rings (SSSR count). The van der Waals surface area contributed by atoms with E-state index in [0.29, 0.717) is 30.8 Å². The van der Waals surface area contributed by atoms with Crippen LogP contribution in [-0.2, 0) is 17.8 Å². The molecule has 0 fully saturated rings. The van der Waals surface area contributed by atoms with E-state index in [4.69, 9.17) is 5.73 Å². The van der Waals surface area contributed by atoms with Gasteiger partial charge < -0.3 is 10.6 Å². The second-order valence-electron chi connectivity index (χ2n) is 6.58. The SMILES string of the molecule is CC[C@@H](C)[C@@H](N)C(=O)N1CCc2[nH]nc(-c3ccc(F)c(F)c3)c2C1. The van der Waals surface area contributed by atoms with E-state index >= 15 is 0 Å². The molecule has 0 spiro atoms. The molecule has 1 amide bonds. The molecule has 0 radical (unpaired) electrons. The first-order chi connectivity index (χ1) is 11.9. The molecule has 134 valence electrons. The zero-order chi connectivity index (χ0) is 18.1. The van der Waals surface area contributed by atoms with Crippen LogP contribution in [0.2, 0.25) is 0 Å². The van der Waals surface area contributed by atoms with E-state index in [1.165, 1.54) is 6.07 Å². The summed E-state index contributed by atoms with van der Waals surface area (Å²) >= 11 is 0. The van der Waals surface area contributed by atoms with Gasteiger partial charge in [0.05, 0.1) is 11.7 Å². The maximum Gasteiger partial charge on any atom is 0.240 e. The maximum atomic E-state index is 13.5. The van der Waals surface area contributed by atoms with Crippen molar-refractivity contribution in [3.8, 4) is 11.3 Å². The van der Waals surface area contributed by atoms with Gasteiger partial charge in [-0.15, -0.1) is 0 Å². The van der Waals surface area contributed by atoms with E-state index in [1.807, 2.05) is 13.8 Å². The van der Waals surface area contributed by atoms with Crippen molar-refractivity contribution in [3.63, 3.8) is 0 Å². The van der Waals surface area contributed by atoms with E-state index in [-0.39, 0.29) is 11.8 Å². The molecule has 0 bridgehead atoms. The number of benzene rings is 1. The summed E-state index contributed by atoms with van der Waals surface area (Å²) in [6.45, 7) is 4.89. The van der Waals surface area contributed by atoms with Gasteiger partial charge in [0.25, 0.3) is 0 Å². The van der Waals surface area contributed by atoms with Crippen LogP contribution >= 0.6 is 0 Å². The number of H-pyrrole nitrogens is 1. The Balaban J connectivity index is 1.87. The van der Waals surface area contributed by atoms with Crippen molar-refractivity contribution in [2.45, 2.75) is 39.3 Å². The summed E-state index contributed by atoms with van der Waals surface area (Å²) < 4.78 is 26.7. The van der Waals surface area contributed by atoms with Gasteiger partial charge in [0.2, 0.25) is 5.91 Å². The topological polar surface area (TPSA) is 75.0 Å². The summed E-state index contributed by atoms with van der Waals surface area (Å²) in [6.07, 6.45) is 1.46. The van der Waals surface area contributed by atoms with Crippen LogP contribution in [0.15, 0.2) is 18.2 Å². The summed E-state index contributed by atoms with van der Waals surface area (Å²) in [5.41, 5.74) is 8.86. The molecule has 1 aliphatic heterocycles. The number of amides is 1. The molecule has 7 heteroatoms. The Morgan fingerprint density at radius 2 is 2.16 bits per heavy atom. The fraction of sp³-hybridized carbons (Fsp3) is 0.444. The molecule has 1 aliphatic rings. The van der Waals surface area contributed by atoms with E-state index < -0.39 is 17.7 Å². The Morgan fingerprint density at radius 3 is 2.84 bits per heavy atom. The van der Waals surface area contributed by atoms with Crippen LogP contribution < -0.4 is 5.73 Å². The number of fused-ring (bicyclic) bond motifs is 1. The van der Waals surface area contributed by atoms with E-state index in [9.17, 15) is 13.6 Å². The third-order valence-corrected chi connectivity index (χ3v) is 4.98. The molecule has 5 nitrogen and oxygen atoms in total. The van der Waals surface area contributed by atoms with Gasteiger partial charge in [-0.2, -0.15) is 5.10 Å². The molecule has 0 aliphatic carbocycles. The molecule has 2 aromatic rings. The average molecular weight is 348 g/mol. The number of nitrogens with two attached hydrogens (primary N) is 1. The summed E-state index contributed by atoms with van der Waals surface area (Å²) in [5.74, 6) is -1.80. The van der Waals surface area contributed by atoms with Crippen LogP contribution in [-0.4, -0.2) is 33.6 Å². The van der Waals surface area contributed by atoms with Crippen LogP contribution in [0.3, 0.4) is 0 Å². The van der Waals surface area contributed by atoms with E-state index in [0.717, 1.165) is 29.8 Å². The highest BCUT2D eigenvalue weighted by atomic mass is 19.2. The van der Waals surface area contributed by atoms with Crippen LogP contribution in [0.25, 0.3) is 11.3 Å². The first-order valence-electron chi connectivity index (χ1n) is 8.48. The number of nitrogens with one attached hydrogen (secondary N) is 1. The zero-order valence-electron chi connectivity index (χ0n) is 14.4. The lowest BCUT2D eigenvalue weighted by Crippen LogP contribution is -2.48. The molecule has 25 heavy (non-hydrogen) atoms. The zero-order valence-corrected chi connectivity index (χ0v) is 14.4. The fourth-order valence-corrected chi connectivity index (χ4v) is 3.07. The lowest BCUT2D eigenvalue weighted by Gasteiger charge is -2.31. The number of halogens is 2. The van der Waals surface area contributed by atoms with Crippen LogP contribution in [0, 0.1) is 17.6 Å². The predicted octanol–water partition coefficient (Wildman–Crippen LogP) is 2.61. The highest BCUT2D eigenvalue weighted by Crippen LogP contribution is 2.29. The molecular weight excluding hydrogens is 326 g/mol. The Bertz CT molecular complexity index is 789. The van der Waals surface area contributed by atoms with Gasteiger partial charge in [0.1, 0.15) is 0 Å². The highest BCUT2D eigenvalue weighted by molar-refractivity contribution is 5.82. The van der Waals surface area contributed by atoms with Crippen molar-refractivity contribution in [2.24, 2.45) is 11.7 Å². The Labute approximate surface area is 145 Å². The Hall–Kier alpha value is -2.28. The molecule has 2 atom stereocenters. The van der Waals surface area contributed by atoms with Crippen LogP contribution in [0.5, 0.6) is 0 Å². The van der Waals surface area contributed by atoms with Gasteiger partial charge in [-0.05, 0) is 24.1 Å². The number of aromatic nitrogens is 2. The molecule has 1 aromatic heterocycles. The lowest BCUT2D eigenvalue weighted by molar-refractivity contribution is -0.134. The van der Waals surface area contributed by atoms with Crippen molar-refractivity contribution < 1.29 is 13.6 Å². The van der Waals surface area contributed by atoms with Crippen molar-refractivity contribution in [1.29, 1.82) is 0 Å². The van der Waals surface area contributed by atoms with Crippen LogP contribution in [0.1, 0.15) is 31.5 Å². The largest absolute Gasteiger partial charge is 0.336 e. The van der Waals surface area contributed by atoms with Gasteiger partial charge in [0.15, 0.2) is 11.6 Å². The highest BCUT2D eigenvalue weighted by Gasteiger charge is 2.30. The van der Waals surface area contributed by atoms with Crippen molar-refractivity contribution in [3.05, 3.63) is 41.1 Å². The summed E-state index contributed by atoms with van der Waals surface area (Å²) in [7, 11) is 0. The van der Waals surface area contributed by atoms with Gasteiger partial charge in [-0.1, -0.05) is 20.3 Å². The second kappa shape index (κ2) is 6.92. The number of hydrogen-bond donors (Lipinski definition) is 2. The lowest BCUT2D eigenvalue weighted by atomic mass is 9.96. The van der Waals surface area contributed by atoms with Gasteiger partial charge in [0, 0.05) is 36.3 Å². The fourth-order valence-electron chi connectivity index (χ4n) is 3.07. The third-order valence-electron chi connectivity index (χ3n) is 4.98. The van der Waals surface area contributed by atoms with E-state index in [2.05, 4.69) is 10.2 Å². The number of aromatic amines is 1. The number of rotatable bonds is 4. The minimum atomic E-state index is -0.920. The molecule has 1 aromatic carbocycles. The number of hydrogen-bond acceptors (Lipinski definition) is 3. The first-order valence-corrected chi connectivity index (χ1v) is 8.48. The van der Waals surface area contributed by atoms with E-state index in [1.54, 1.807) is 4.90 Å². The van der Waals surface area contributed by atoms with Crippen molar-refractivity contribution in [2.75, 3.05) is 6.54 Å². The Kier molecular flexibility index (Phi) is 4.85. The molecule has 0 unspecified atom stereocenters. The van der Waals surface area contributed by atoms with Crippen LogP contribution in [0.4, 0.5) is 8.78 Å².